The summed E-state index contributed by atoms with van der Waals surface area (Å²) < 4.78 is 23.5. The van der Waals surface area contributed by atoms with Gasteiger partial charge >= 0.3 is 0 Å². The molecule has 1 atom stereocenters. The summed E-state index contributed by atoms with van der Waals surface area (Å²) in [5, 5.41) is 9.48. The van der Waals surface area contributed by atoms with E-state index in [1.54, 1.807) is 25.1 Å². The van der Waals surface area contributed by atoms with Gasteiger partial charge in [0, 0.05) is 18.8 Å². The summed E-state index contributed by atoms with van der Waals surface area (Å²) in [6, 6.07) is 4.96. The lowest BCUT2D eigenvalue weighted by molar-refractivity contribution is 0.198. The first-order valence-corrected chi connectivity index (χ1v) is 7.64. The number of β-amino-alcohol motifs (C(OH)–C–C–N with tert-alkyl or cyclic N) is 1. The summed E-state index contributed by atoms with van der Waals surface area (Å²) in [6.45, 7) is 2.93. The van der Waals surface area contributed by atoms with Gasteiger partial charge in [0.25, 0.3) is 0 Å². The maximum atomic E-state index is 11.8. The predicted molar refractivity (Wildman–Crippen MR) is 71.4 cm³/mol. The molecule has 1 aromatic rings. The highest BCUT2D eigenvalue weighted by atomic mass is 32.2. The van der Waals surface area contributed by atoms with Crippen LogP contribution in [0.5, 0.6) is 0 Å². The number of nitrogens with zero attached hydrogens (tertiary/aromatic N) is 1. The number of anilines is 2. The molecule has 0 spiro atoms. The highest BCUT2D eigenvalue weighted by Crippen LogP contribution is 2.27. The molecule has 100 valence electrons. The Hall–Kier alpha value is -1.27. The Balaban J connectivity index is 2.31. The maximum absolute atomic E-state index is 11.8. The molecule has 0 aliphatic carbocycles. The summed E-state index contributed by atoms with van der Waals surface area (Å²) in [5.74, 6) is 0.0406. The van der Waals surface area contributed by atoms with Crippen molar-refractivity contribution >= 4 is 21.2 Å². The zero-order valence-electron chi connectivity index (χ0n) is 10.3. The second-order valence-corrected chi connectivity index (χ2v) is 6.76. The Morgan fingerprint density at radius 2 is 2.22 bits per heavy atom. The minimum absolute atomic E-state index is 0.0406. The molecule has 1 saturated heterocycles. The van der Waals surface area contributed by atoms with Gasteiger partial charge < -0.3 is 15.7 Å². The van der Waals surface area contributed by atoms with E-state index in [9.17, 15) is 13.5 Å². The van der Waals surface area contributed by atoms with E-state index in [0.717, 1.165) is 18.7 Å². The third-order valence-electron chi connectivity index (χ3n) is 3.24. The van der Waals surface area contributed by atoms with Crippen molar-refractivity contribution in [3.05, 3.63) is 18.2 Å². The van der Waals surface area contributed by atoms with Crippen molar-refractivity contribution in [3.8, 4) is 0 Å². The highest BCUT2D eigenvalue weighted by molar-refractivity contribution is 7.91. The van der Waals surface area contributed by atoms with Gasteiger partial charge in [0.15, 0.2) is 9.84 Å². The van der Waals surface area contributed by atoms with E-state index in [2.05, 4.69) is 0 Å². The fraction of sp³-hybridized carbons (Fsp3) is 0.500. The molecule has 0 amide bonds. The Labute approximate surface area is 107 Å². The van der Waals surface area contributed by atoms with E-state index < -0.39 is 9.84 Å². The number of benzene rings is 1. The lowest BCUT2D eigenvalue weighted by Crippen LogP contribution is -2.21. The smallest absolute Gasteiger partial charge is 0.180 e. The molecular weight excluding hydrogens is 252 g/mol. The van der Waals surface area contributed by atoms with Crippen LogP contribution in [-0.2, 0) is 9.84 Å². The summed E-state index contributed by atoms with van der Waals surface area (Å²) in [5.41, 5.74) is 6.95. The molecule has 6 heteroatoms. The Kier molecular flexibility index (Phi) is 3.49. The zero-order valence-corrected chi connectivity index (χ0v) is 11.2. The van der Waals surface area contributed by atoms with Crippen molar-refractivity contribution in [1.82, 2.24) is 0 Å². The third kappa shape index (κ3) is 2.44. The van der Waals surface area contributed by atoms with E-state index in [0.29, 0.717) is 6.54 Å². The normalized spacial score (nSPS) is 20.3. The van der Waals surface area contributed by atoms with Gasteiger partial charge in [-0.2, -0.15) is 0 Å². The van der Waals surface area contributed by atoms with Gasteiger partial charge in [0.1, 0.15) is 0 Å². The van der Waals surface area contributed by atoms with Crippen molar-refractivity contribution in [2.75, 3.05) is 29.5 Å². The SMILES string of the molecule is CCS(=O)(=O)c1ccc(N2CC[C@@H](O)C2)cc1N. The average molecular weight is 270 g/mol. The fourth-order valence-electron chi connectivity index (χ4n) is 2.15. The number of nitrogen functional groups attached to an aromatic ring is 1. The molecule has 0 saturated carbocycles. The van der Waals surface area contributed by atoms with Crippen molar-refractivity contribution in [1.29, 1.82) is 0 Å². The predicted octanol–water partition coefficient (Wildman–Crippen LogP) is 0.633. The number of sulfone groups is 1. The molecule has 1 heterocycles. The molecular formula is C12H18N2O3S. The standard InChI is InChI=1S/C12H18N2O3S/c1-2-18(16,17)12-4-3-9(7-11(12)13)14-6-5-10(15)8-14/h3-4,7,10,15H,2,5-6,8,13H2,1H3/t10-/m1/s1. The van der Waals surface area contributed by atoms with Crippen LogP contribution in [0.3, 0.4) is 0 Å². The van der Waals surface area contributed by atoms with Gasteiger partial charge in [-0.15, -0.1) is 0 Å². The number of aliphatic hydroxyl groups is 1. The van der Waals surface area contributed by atoms with Crippen LogP contribution in [0, 0.1) is 0 Å². The minimum atomic E-state index is -3.27. The molecule has 2 rings (SSSR count). The number of nitrogens with two attached hydrogens (primary N) is 1. The summed E-state index contributed by atoms with van der Waals surface area (Å²) >= 11 is 0. The molecule has 1 aromatic carbocycles. The number of rotatable bonds is 3. The molecule has 3 N–H and O–H groups in total. The second-order valence-electron chi connectivity index (χ2n) is 4.51. The zero-order chi connectivity index (χ0) is 13.3. The van der Waals surface area contributed by atoms with Crippen LogP contribution in [-0.4, -0.2) is 38.5 Å². The Morgan fingerprint density at radius 3 is 2.72 bits per heavy atom. The van der Waals surface area contributed by atoms with E-state index in [-0.39, 0.29) is 22.4 Å². The topological polar surface area (TPSA) is 83.6 Å². The lowest BCUT2D eigenvalue weighted by Gasteiger charge is -2.19. The van der Waals surface area contributed by atoms with E-state index >= 15 is 0 Å². The number of aliphatic hydroxyl groups excluding tert-OH is 1. The first-order valence-electron chi connectivity index (χ1n) is 5.99. The summed E-state index contributed by atoms with van der Waals surface area (Å²) in [7, 11) is -3.27. The van der Waals surface area contributed by atoms with Gasteiger partial charge in [-0.25, -0.2) is 8.42 Å². The molecule has 0 radical (unpaired) electrons. The van der Waals surface area contributed by atoms with E-state index in [1.807, 2.05) is 4.90 Å². The van der Waals surface area contributed by atoms with Gasteiger partial charge in [0.05, 0.1) is 22.4 Å². The molecule has 1 aliphatic rings. The molecule has 0 aromatic heterocycles. The first-order chi connectivity index (χ1) is 8.44. The van der Waals surface area contributed by atoms with Crippen LogP contribution in [0.2, 0.25) is 0 Å². The van der Waals surface area contributed by atoms with Crippen LogP contribution in [0.4, 0.5) is 11.4 Å². The maximum Gasteiger partial charge on any atom is 0.180 e. The molecule has 18 heavy (non-hydrogen) atoms. The minimum Gasteiger partial charge on any atom is -0.398 e. The van der Waals surface area contributed by atoms with E-state index in [1.165, 1.54) is 0 Å². The van der Waals surface area contributed by atoms with Crippen LogP contribution >= 0.6 is 0 Å². The van der Waals surface area contributed by atoms with Crippen LogP contribution in [0.15, 0.2) is 23.1 Å². The van der Waals surface area contributed by atoms with Crippen LogP contribution in [0.1, 0.15) is 13.3 Å². The Morgan fingerprint density at radius 1 is 1.50 bits per heavy atom. The van der Waals surface area contributed by atoms with Crippen molar-refractivity contribution in [2.24, 2.45) is 0 Å². The van der Waals surface area contributed by atoms with Crippen LogP contribution in [0.25, 0.3) is 0 Å². The quantitative estimate of drug-likeness (QED) is 0.787. The van der Waals surface area contributed by atoms with Crippen molar-refractivity contribution in [2.45, 2.75) is 24.3 Å². The summed E-state index contributed by atoms with van der Waals surface area (Å²) in [6.07, 6.45) is 0.417. The summed E-state index contributed by atoms with van der Waals surface area (Å²) in [4.78, 5) is 2.19. The van der Waals surface area contributed by atoms with Gasteiger partial charge in [0.2, 0.25) is 0 Å². The first kappa shape index (κ1) is 13.2. The monoisotopic (exact) mass is 270 g/mol. The molecule has 1 fully saturated rings. The third-order valence-corrected chi connectivity index (χ3v) is 5.04. The van der Waals surface area contributed by atoms with Gasteiger partial charge in [-0.3, -0.25) is 0 Å². The van der Waals surface area contributed by atoms with Crippen molar-refractivity contribution < 1.29 is 13.5 Å². The van der Waals surface area contributed by atoms with Gasteiger partial charge in [-0.05, 0) is 24.6 Å². The van der Waals surface area contributed by atoms with Crippen molar-refractivity contribution in [3.63, 3.8) is 0 Å². The molecule has 5 nitrogen and oxygen atoms in total. The highest BCUT2D eigenvalue weighted by Gasteiger charge is 2.22. The van der Waals surface area contributed by atoms with E-state index in [4.69, 9.17) is 5.73 Å². The largest absolute Gasteiger partial charge is 0.398 e. The average Bonchev–Trinajstić information content (AvgIpc) is 2.75. The Bertz CT molecular complexity index is 542. The van der Waals surface area contributed by atoms with Crippen LogP contribution < -0.4 is 10.6 Å². The van der Waals surface area contributed by atoms with Gasteiger partial charge in [-0.1, -0.05) is 6.92 Å². The number of hydrogen-bond acceptors (Lipinski definition) is 5. The molecule has 0 bridgehead atoms. The molecule has 1 aliphatic heterocycles. The fourth-order valence-corrected chi connectivity index (χ4v) is 3.15. The number of hydrogen-bond donors (Lipinski definition) is 2. The molecule has 0 unspecified atom stereocenters. The second kappa shape index (κ2) is 4.78. The lowest BCUT2D eigenvalue weighted by atomic mass is 10.2.